The van der Waals surface area contributed by atoms with Crippen LogP contribution >= 0.6 is 0 Å². The zero-order valence-electron chi connectivity index (χ0n) is 13.4. The summed E-state index contributed by atoms with van der Waals surface area (Å²) in [5.41, 5.74) is 6.59. The van der Waals surface area contributed by atoms with Crippen LogP contribution in [0.25, 0.3) is 0 Å². The summed E-state index contributed by atoms with van der Waals surface area (Å²) in [6.45, 7) is 5.09. The molecule has 21 heavy (non-hydrogen) atoms. The number of hydrogen-bond acceptors (Lipinski definition) is 2. The fourth-order valence-corrected chi connectivity index (χ4v) is 2.57. The molecule has 2 heteroatoms. The summed E-state index contributed by atoms with van der Waals surface area (Å²) < 4.78 is 5.13. The molecule has 112 valence electrons. The Labute approximate surface area is 128 Å². The summed E-state index contributed by atoms with van der Waals surface area (Å²) >= 11 is 0. The van der Waals surface area contributed by atoms with Crippen molar-refractivity contribution in [3.8, 4) is 0 Å². The molecular formula is C19H25NO. The zero-order chi connectivity index (χ0) is 15.2. The Morgan fingerprint density at radius 3 is 2.19 bits per heavy atom. The first-order valence-corrected chi connectivity index (χ1v) is 7.48. The van der Waals surface area contributed by atoms with Crippen molar-refractivity contribution in [1.29, 1.82) is 0 Å². The van der Waals surface area contributed by atoms with Gasteiger partial charge in [0.2, 0.25) is 0 Å². The van der Waals surface area contributed by atoms with Crippen LogP contribution in [-0.2, 0) is 11.2 Å². The van der Waals surface area contributed by atoms with Crippen molar-refractivity contribution in [2.24, 2.45) is 0 Å². The molecule has 0 spiro atoms. The van der Waals surface area contributed by atoms with Crippen LogP contribution < -0.4 is 5.32 Å². The van der Waals surface area contributed by atoms with Crippen LogP contribution in [0.3, 0.4) is 0 Å². The molecule has 0 heterocycles. The molecule has 0 aliphatic carbocycles. The van der Waals surface area contributed by atoms with E-state index in [4.69, 9.17) is 4.74 Å². The number of rotatable bonds is 6. The van der Waals surface area contributed by atoms with Gasteiger partial charge in [-0.2, -0.15) is 0 Å². The third-order valence-electron chi connectivity index (χ3n) is 4.06. The van der Waals surface area contributed by atoms with Crippen LogP contribution in [0.2, 0.25) is 0 Å². The van der Waals surface area contributed by atoms with Crippen LogP contribution in [0.4, 0.5) is 0 Å². The second-order valence-corrected chi connectivity index (χ2v) is 5.55. The lowest BCUT2D eigenvalue weighted by Gasteiger charge is -2.19. The van der Waals surface area contributed by atoms with Crippen molar-refractivity contribution in [3.63, 3.8) is 0 Å². The van der Waals surface area contributed by atoms with E-state index in [2.05, 4.69) is 61.6 Å². The molecule has 0 bridgehead atoms. The van der Waals surface area contributed by atoms with Gasteiger partial charge in [0.1, 0.15) is 0 Å². The van der Waals surface area contributed by atoms with Gasteiger partial charge in [0.05, 0.1) is 12.6 Å². The minimum Gasteiger partial charge on any atom is -0.384 e. The summed E-state index contributed by atoms with van der Waals surface area (Å²) in [5, 5.41) is 3.42. The molecule has 0 aliphatic heterocycles. The first-order chi connectivity index (χ1) is 10.2. The molecule has 0 fully saturated rings. The normalized spacial score (nSPS) is 12.4. The predicted octanol–water partition coefficient (Wildman–Crippen LogP) is 3.80. The van der Waals surface area contributed by atoms with Crippen LogP contribution in [-0.4, -0.2) is 20.8 Å². The molecule has 0 amide bonds. The number of hydrogen-bond donors (Lipinski definition) is 1. The Morgan fingerprint density at radius 2 is 1.62 bits per heavy atom. The fraction of sp³-hybridized carbons (Fsp3) is 0.368. The van der Waals surface area contributed by atoms with Gasteiger partial charge in [0, 0.05) is 7.11 Å². The highest BCUT2D eigenvalue weighted by atomic mass is 16.5. The Kier molecular flexibility index (Phi) is 5.54. The highest BCUT2D eigenvalue weighted by molar-refractivity contribution is 5.38. The molecule has 1 atom stereocenters. The van der Waals surface area contributed by atoms with Crippen molar-refractivity contribution >= 4 is 0 Å². The number of methoxy groups -OCH3 is 1. The average molecular weight is 283 g/mol. The summed E-state index contributed by atoms with van der Waals surface area (Å²) in [4.78, 5) is 0. The highest BCUT2D eigenvalue weighted by Gasteiger charge is 2.12. The Bertz CT molecular complexity index is 575. The van der Waals surface area contributed by atoms with Crippen molar-refractivity contribution in [2.75, 3.05) is 20.8 Å². The molecule has 1 unspecified atom stereocenters. The molecule has 2 aromatic rings. The maximum Gasteiger partial charge on any atom is 0.0574 e. The molecule has 0 saturated heterocycles. The number of ether oxygens (including phenoxy) is 1. The standard InChI is InChI=1S/C19H25NO/c1-14-5-8-18(13-15(14)2)19(20-3)17-9-6-16(7-10-17)11-12-21-4/h5-10,13,19-20H,11-12H2,1-4H3. The Morgan fingerprint density at radius 1 is 0.952 bits per heavy atom. The largest absolute Gasteiger partial charge is 0.384 e. The maximum atomic E-state index is 5.13. The summed E-state index contributed by atoms with van der Waals surface area (Å²) in [6.07, 6.45) is 0.963. The third-order valence-corrected chi connectivity index (χ3v) is 4.06. The predicted molar refractivity (Wildman–Crippen MR) is 88.8 cm³/mol. The van der Waals surface area contributed by atoms with Crippen LogP contribution in [0.1, 0.15) is 33.9 Å². The topological polar surface area (TPSA) is 21.3 Å². The zero-order valence-corrected chi connectivity index (χ0v) is 13.4. The second kappa shape index (κ2) is 7.39. The Hall–Kier alpha value is -1.64. The van der Waals surface area contributed by atoms with E-state index in [1.807, 2.05) is 7.05 Å². The molecule has 0 saturated carbocycles. The van der Waals surface area contributed by atoms with Crippen molar-refractivity contribution in [3.05, 3.63) is 70.3 Å². The molecule has 2 nitrogen and oxygen atoms in total. The van der Waals surface area contributed by atoms with E-state index >= 15 is 0 Å². The quantitative estimate of drug-likeness (QED) is 0.870. The van der Waals surface area contributed by atoms with Gasteiger partial charge < -0.3 is 10.1 Å². The second-order valence-electron chi connectivity index (χ2n) is 5.55. The molecular weight excluding hydrogens is 258 g/mol. The van der Waals surface area contributed by atoms with Crippen molar-refractivity contribution in [1.82, 2.24) is 5.32 Å². The molecule has 0 radical (unpaired) electrons. The van der Waals surface area contributed by atoms with E-state index in [1.165, 1.54) is 27.8 Å². The molecule has 0 aromatic heterocycles. The number of benzene rings is 2. The van der Waals surface area contributed by atoms with Gasteiger partial charge in [0.25, 0.3) is 0 Å². The lowest BCUT2D eigenvalue weighted by atomic mass is 9.95. The average Bonchev–Trinajstić information content (AvgIpc) is 2.50. The Balaban J connectivity index is 2.22. The molecule has 2 rings (SSSR count). The third kappa shape index (κ3) is 3.93. The van der Waals surface area contributed by atoms with Crippen molar-refractivity contribution in [2.45, 2.75) is 26.3 Å². The van der Waals surface area contributed by atoms with Gasteiger partial charge in [-0.15, -0.1) is 0 Å². The van der Waals surface area contributed by atoms with E-state index in [0.29, 0.717) is 0 Å². The van der Waals surface area contributed by atoms with E-state index < -0.39 is 0 Å². The SMILES string of the molecule is CNC(c1ccc(CCOC)cc1)c1ccc(C)c(C)c1. The summed E-state index contributed by atoms with van der Waals surface area (Å²) in [6, 6.07) is 15.7. The molecule has 0 aliphatic rings. The number of nitrogens with one attached hydrogen (secondary N) is 1. The van der Waals surface area contributed by atoms with E-state index in [1.54, 1.807) is 7.11 Å². The van der Waals surface area contributed by atoms with Crippen molar-refractivity contribution < 1.29 is 4.74 Å². The summed E-state index contributed by atoms with van der Waals surface area (Å²) in [7, 11) is 3.75. The first kappa shape index (κ1) is 15.7. The lowest BCUT2D eigenvalue weighted by Crippen LogP contribution is -2.17. The van der Waals surface area contributed by atoms with Gasteiger partial charge in [-0.25, -0.2) is 0 Å². The van der Waals surface area contributed by atoms with E-state index in [0.717, 1.165) is 13.0 Å². The van der Waals surface area contributed by atoms with Gasteiger partial charge in [0.15, 0.2) is 0 Å². The van der Waals surface area contributed by atoms with Gasteiger partial charge in [-0.1, -0.05) is 42.5 Å². The van der Waals surface area contributed by atoms with Gasteiger partial charge >= 0.3 is 0 Å². The van der Waals surface area contributed by atoms with Crippen LogP contribution in [0.5, 0.6) is 0 Å². The van der Waals surface area contributed by atoms with Crippen LogP contribution in [0, 0.1) is 13.8 Å². The van der Waals surface area contributed by atoms with E-state index in [9.17, 15) is 0 Å². The fourth-order valence-electron chi connectivity index (χ4n) is 2.57. The van der Waals surface area contributed by atoms with Gasteiger partial charge in [-0.05, 0) is 55.1 Å². The lowest BCUT2D eigenvalue weighted by molar-refractivity contribution is 0.202. The van der Waals surface area contributed by atoms with E-state index in [-0.39, 0.29) is 6.04 Å². The molecule has 2 aromatic carbocycles. The monoisotopic (exact) mass is 283 g/mol. The first-order valence-electron chi connectivity index (χ1n) is 7.48. The minimum absolute atomic E-state index is 0.237. The minimum atomic E-state index is 0.237. The van der Waals surface area contributed by atoms with Gasteiger partial charge in [-0.3, -0.25) is 0 Å². The highest BCUT2D eigenvalue weighted by Crippen LogP contribution is 2.24. The number of aryl methyl sites for hydroxylation is 2. The summed E-state index contributed by atoms with van der Waals surface area (Å²) in [5.74, 6) is 0. The maximum absolute atomic E-state index is 5.13. The smallest absolute Gasteiger partial charge is 0.0574 e. The van der Waals surface area contributed by atoms with Crippen LogP contribution in [0.15, 0.2) is 42.5 Å². The molecule has 1 N–H and O–H groups in total.